The van der Waals surface area contributed by atoms with E-state index in [0.29, 0.717) is 19.6 Å². The van der Waals surface area contributed by atoms with Gasteiger partial charge < -0.3 is 10.2 Å². The van der Waals surface area contributed by atoms with Crippen molar-refractivity contribution in [1.29, 1.82) is 0 Å². The topological polar surface area (TPSA) is 63.1 Å². The predicted molar refractivity (Wildman–Crippen MR) is 101 cm³/mol. The Morgan fingerprint density at radius 3 is 2.63 bits per heavy atom. The average Bonchev–Trinajstić information content (AvgIpc) is 3.07. The van der Waals surface area contributed by atoms with Crippen LogP contribution in [-0.4, -0.2) is 39.2 Å². The van der Waals surface area contributed by atoms with E-state index in [1.165, 1.54) is 12.1 Å². The van der Waals surface area contributed by atoms with Crippen LogP contribution in [0.15, 0.2) is 42.6 Å². The second-order valence-electron chi connectivity index (χ2n) is 6.52. The monoisotopic (exact) mass is 365 g/mol. The standard InChI is InChI=1S/C20H20FN5O/c1-13(27)25-9-10-26-17(12-25)19(15-7-8-23-18(11-15)22-2)20(24-26)14-3-5-16(21)6-4-14/h3-8,11H,9-10,12H2,1-2H3,(H,22,23). The Hall–Kier alpha value is -3.22. The van der Waals surface area contributed by atoms with Crippen LogP contribution < -0.4 is 5.32 Å². The lowest BCUT2D eigenvalue weighted by Gasteiger charge is -2.27. The van der Waals surface area contributed by atoms with Gasteiger partial charge in [-0.1, -0.05) is 0 Å². The van der Waals surface area contributed by atoms with Crippen LogP contribution in [0.25, 0.3) is 22.4 Å². The SMILES string of the molecule is CNc1cc(-c2c(-c3ccc(F)cc3)nn3c2CN(C(C)=O)CC3)ccn1. The van der Waals surface area contributed by atoms with Gasteiger partial charge in [0.2, 0.25) is 5.91 Å². The van der Waals surface area contributed by atoms with Gasteiger partial charge >= 0.3 is 0 Å². The van der Waals surface area contributed by atoms with Crippen LogP contribution >= 0.6 is 0 Å². The highest BCUT2D eigenvalue weighted by Crippen LogP contribution is 2.37. The Morgan fingerprint density at radius 2 is 1.93 bits per heavy atom. The fourth-order valence-electron chi connectivity index (χ4n) is 3.42. The molecule has 1 amide bonds. The van der Waals surface area contributed by atoms with E-state index in [1.54, 1.807) is 25.3 Å². The molecule has 0 atom stereocenters. The molecular weight excluding hydrogens is 345 g/mol. The molecule has 27 heavy (non-hydrogen) atoms. The van der Waals surface area contributed by atoms with Gasteiger partial charge in [-0.3, -0.25) is 9.48 Å². The summed E-state index contributed by atoms with van der Waals surface area (Å²) in [6.07, 6.45) is 1.74. The maximum absolute atomic E-state index is 13.4. The van der Waals surface area contributed by atoms with E-state index in [2.05, 4.69) is 10.3 Å². The first kappa shape index (κ1) is 17.2. The first-order valence-electron chi connectivity index (χ1n) is 8.82. The fourth-order valence-corrected chi connectivity index (χ4v) is 3.42. The molecule has 0 spiro atoms. The van der Waals surface area contributed by atoms with Crippen molar-refractivity contribution in [3.05, 3.63) is 54.1 Å². The van der Waals surface area contributed by atoms with Gasteiger partial charge in [-0.25, -0.2) is 9.37 Å². The molecule has 1 N–H and O–H groups in total. The summed E-state index contributed by atoms with van der Waals surface area (Å²) in [6.45, 7) is 3.34. The van der Waals surface area contributed by atoms with Crippen molar-refractivity contribution in [2.75, 3.05) is 18.9 Å². The number of pyridine rings is 1. The summed E-state index contributed by atoms with van der Waals surface area (Å²) in [5, 5.41) is 7.84. The van der Waals surface area contributed by atoms with Crippen molar-refractivity contribution >= 4 is 11.7 Å². The molecule has 1 aliphatic heterocycles. The van der Waals surface area contributed by atoms with Gasteiger partial charge in [0.1, 0.15) is 17.3 Å². The van der Waals surface area contributed by atoms with Crippen molar-refractivity contribution in [2.24, 2.45) is 0 Å². The Balaban J connectivity index is 1.91. The molecular formula is C20H20FN5O. The summed E-state index contributed by atoms with van der Waals surface area (Å²) < 4.78 is 15.4. The van der Waals surface area contributed by atoms with Crippen LogP contribution in [0.5, 0.6) is 0 Å². The van der Waals surface area contributed by atoms with E-state index in [4.69, 9.17) is 5.10 Å². The number of nitrogens with zero attached hydrogens (tertiary/aromatic N) is 4. The molecule has 3 aromatic rings. The summed E-state index contributed by atoms with van der Waals surface area (Å²) in [6, 6.07) is 10.2. The summed E-state index contributed by atoms with van der Waals surface area (Å²) in [5.74, 6) is 0.507. The van der Waals surface area contributed by atoms with Crippen LogP contribution in [0, 0.1) is 5.82 Å². The zero-order chi connectivity index (χ0) is 19.0. The van der Waals surface area contributed by atoms with Gasteiger partial charge in [-0.15, -0.1) is 0 Å². The second-order valence-corrected chi connectivity index (χ2v) is 6.52. The number of hydrogen-bond acceptors (Lipinski definition) is 4. The smallest absolute Gasteiger partial charge is 0.219 e. The van der Waals surface area contributed by atoms with Crippen LogP contribution in [0.3, 0.4) is 0 Å². The molecule has 138 valence electrons. The van der Waals surface area contributed by atoms with Crippen LogP contribution in [0.4, 0.5) is 10.2 Å². The molecule has 3 heterocycles. The Bertz CT molecular complexity index is 996. The molecule has 4 rings (SSSR count). The highest BCUT2D eigenvalue weighted by molar-refractivity contribution is 5.84. The molecule has 2 aromatic heterocycles. The van der Waals surface area contributed by atoms with E-state index in [0.717, 1.165) is 33.9 Å². The van der Waals surface area contributed by atoms with Gasteiger partial charge in [0.25, 0.3) is 0 Å². The third kappa shape index (κ3) is 3.16. The number of anilines is 1. The highest BCUT2D eigenvalue weighted by atomic mass is 19.1. The molecule has 7 heteroatoms. The van der Waals surface area contributed by atoms with Crippen LogP contribution in [0.2, 0.25) is 0 Å². The number of aromatic nitrogens is 3. The lowest BCUT2D eigenvalue weighted by Crippen LogP contribution is -2.37. The minimum atomic E-state index is -0.284. The summed E-state index contributed by atoms with van der Waals surface area (Å²) >= 11 is 0. The first-order chi connectivity index (χ1) is 13.1. The molecule has 0 aliphatic carbocycles. The summed E-state index contributed by atoms with van der Waals surface area (Å²) in [4.78, 5) is 18.0. The summed E-state index contributed by atoms with van der Waals surface area (Å²) in [7, 11) is 1.82. The molecule has 0 fully saturated rings. The van der Waals surface area contributed by atoms with Gasteiger partial charge in [0.05, 0.1) is 18.8 Å². The minimum absolute atomic E-state index is 0.0439. The van der Waals surface area contributed by atoms with E-state index in [-0.39, 0.29) is 11.7 Å². The number of rotatable bonds is 3. The largest absolute Gasteiger partial charge is 0.373 e. The molecule has 1 aliphatic rings. The number of carbonyl (C=O) groups excluding carboxylic acids is 1. The van der Waals surface area contributed by atoms with Gasteiger partial charge in [0.15, 0.2) is 0 Å². The quantitative estimate of drug-likeness (QED) is 0.774. The molecule has 0 radical (unpaired) electrons. The van der Waals surface area contributed by atoms with E-state index in [1.807, 2.05) is 28.8 Å². The van der Waals surface area contributed by atoms with E-state index < -0.39 is 0 Å². The van der Waals surface area contributed by atoms with Crippen LogP contribution in [-0.2, 0) is 17.9 Å². The number of amides is 1. The van der Waals surface area contributed by atoms with Gasteiger partial charge in [-0.2, -0.15) is 5.10 Å². The molecule has 0 saturated carbocycles. The fraction of sp³-hybridized carbons (Fsp3) is 0.250. The molecule has 0 saturated heterocycles. The highest BCUT2D eigenvalue weighted by Gasteiger charge is 2.27. The number of nitrogens with one attached hydrogen (secondary N) is 1. The average molecular weight is 365 g/mol. The Labute approximate surface area is 156 Å². The number of hydrogen-bond donors (Lipinski definition) is 1. The zero-order valence-electron chi connectivity index (χ0n) is 15.2. The van der Waals surface area contributed by atoms with E-state index in [9.17, 15) is 9.18 Å². The lowest BCUT2D eigenvalue weighted by atomic mass is 9.98. The number of benzene rings is 1. The van der Waals surface area contributed by atoms with E-state index >= 15 is 0 Å². The number of halogens is 1. The molecule has 6 nitrogen and oxygen atoms in total. The Morgan fingerprint density at radius 1 is 1.15 bits per heavy atom. The van der Waals surface area contributed by atoms with Crippen LogP contribution in [0.1, 0.15) is 12.6 Å². The third-order valence-electron chi connectivity index (χ3n) is 4.85. The first-order valence-corrected chi connectivity index (χ1v) is 8.82. The maximum atomic E-state index is 13.4. The minimum Gasteiger partial charge on any atom is -0.373 e. The molecule has 0 bridgehead atoms. The second kappa shape index (κ2) is 6.83. The lowest BCUT2D eigenvalue weighted by molar-refractivity contribution is -0.130. The normalized spacial score (nSPS) is 13.4. The van der Waals surface area contributed by atoms with Crippen molar-refractivity contribution in [1.82, 2.24) is 19.7 Å². The zero-order valence-corrected chi connectivity index (χ0v) is 15.2. The third-order valence-corrected chi connectivity index (χ3v) is 4.85. The van der Waals surface area contributed by atoms with Crippen molar-refractivity contribution in [3.63, 3.8) is 0 Å². The van der Waals surface area contributed by atoms with Crippen molar-refractivity contribution in [2.45, 2.75) is 20.0 Å². The van der Waals surface area contributed by atoms with Crippen molar-refractivity contribution < 1.29 is 9.18 Å². The van der Waals surface area contributed by atoms with Gasteiger partial charge in [-0.05, 0) is 42.0 Å². The van der Waals surface area contributed by atoms with Gasteiger partial charge in [0, 0.05) is 37.8 Å². The summed E-state index contributed by atoms with van der Waals surface area (Å²) in [5.41, 5.74) is 4.50. The number of carbonyl (C=O) groups is 1. The molecule has 1 aromatic carbocycles. The maximum Gasteiger partial charge on any atom is 0.219 e. The number of fused-ring (bicyclic) bond motifs is 1. The van der Waals surface area contributed by atoms with Crippen molar-refractivity contribution in [3.8, 4) is 22.4 Å². The molecule has 0 unspecified atom stereocenters. The Kier molecular flexibility index (Phi) is 4.35. The predicted octanol–water partition coefficient (Wildman–Crippen LogP) is 3.16.